The van der Waals surface area contributed by atoms with Crippen molar-refractivity contribution in [1.29, 1.82) is 0 Å². The Hall–Kier alpha value is -3.07. The van der Waals surface area contributed by atoms with Crippen molar-refractivity contribution in [2.45, 2.75) is 13.3 Å². The van der Waals surface area contributed by atoms with Gasteiger partial charge in [-0.3, -0.25) is 0 Å². The zero-order valence-corrected chi connectivity index (χ0v) is 13.5. The molecule has 3 heteroatoms. The molecule has 0 spiro atoms. The number of para-hydroxylation sites is 1. The van der Waals surface area contributed by atoms with Crippen LogP contribution in [0.5, 0.6) is 0 Å². The number of aromatic nitrogens is 3. The number of pyridine rings is 1. The van der Waals surface area contributed by atoms with Crippen LogP contribution in [0.4, 0.5) is 0 Å². The van der Waals surface area contributed by atoms with E-state index in [1.54, 1.807) is 0 Å². The standard InChI is InChI=1S/C21H17N3/c1-15-6-4-7-16(12-15)13-18-9-5-11-20(23-18)21-22-14-17-8-2-3-10-19(17)24-21/h2-12,14H,13H2,1H3. The number of hydrogen-bond acceptors (Lipinski definition) is 3. The van der Waals surface area contributed by atoms with Crippen LogP contribution >= 0.6 is 0 Å². The Labute approximate surface area is 141 Å². The summed E-state index contributed by atoms with van der Waals surface area (Å²) in [6, 6.07) is 22.5. The van der Waals surface area contributed by atoms with Gasteiger partial charge in [0, 0.05) is 23.7 Å². The van der Waals surface area contributed by atoms with Crippen molar-refractivity contribution in [2.24, 2.45) is 0 Å². The lowest BCUT2D eigenvalue weighted by Crippen LogP contribution is -1.97. The zero-order valence-electron chi connectivity index (χ0n) is 13.5. The molecule has 0 saturated heterocycles. The first-order valence-corrected chi connectivity index (χ1v) is 8.01. The third kappa shape index (κ3) is 3.01. The molecule has 0 unspecified atom stereocenters. The topological polar surface area (TPSA) is 38.7 Å². The quantitative estimate of drug-likeness (QED) is 0.555. The highest BCUT2D eigenvalue weighted by Crippen LogP contribution is 2.18. The molecule has 0 aliphatic heterocycles. The maximum Gasteiger partial charge on any atom is 0.178 e. The molecule has 24 heavy (non-hydrogen) atoms. The zero-order chi connectivity index (χ0) is 16.4. The van der Waals surface area contributed by atoms with Gasteiger partial charge in [-0.25, -0.2) is 15.0 Å². The van der Waals surface area contributed by atoms with Gasteiger partial charge in [0.05, 0.1) is 5.52 Å². The molecule has 4 rings (SSSR count). The molecule has 3 nitrogen and oxygen atoms in total. The number of hydrogen-bond donors (Lipinski definition) is 0. The lowest BCUT2D eigenvalue weighted by Gasteiger charge is -2.06. The van der Waals surface area contributed by atoms with Gasteiger partial charge in [0.25, 0.3) is 0 Å². The molecule has 0 atom stereocenters. The lowest BCUT2D eigenvalue weighted by atomic mass is 10.1. The summed E-state index contributed by atoms with van der Waals surface area (Å²) in [6.45, 7) is 2.11. The molecule has 0 saturated carbocycles. The molecule has 2 aromatic carbocycles. The molecule has 0 fully saturated rings. The van der Waals surface area contributed by atoms with Crippen molar-refractivity contribution in [3.8, 4) is 11.5 Å². The molecule has 0 aliphatic carbocycles. The maximum absolute atomic E-state index is 4.75. The molecule has 2 aromatic heterocycles. The van der Waals surface area contributed by atoms with Crippen LogP contribution in [0.25, 0.3) is 22.4 Å². The molecule has 2 heterocycles. The predicted octanol–water partition coefficient (Wildman–Crippen LogP) is 4.59. The van der Waals surface area contributed by atoms with Crippen molar-refractivity contribution in [3.63, 3.8) is 0 Å². The molecule has 0 bridgehead atoms. The molecular formula is C21H17N3. The van der Waals surface area contributed by atoms with E-state index in [-0.39, 0.29) is 0 Å². The minimum absolute atomic E-state index is 0.666. The van der Waals surface area contributed by atoms with Crippen LogP contribution in [-0.2, 0) is 6.42 Å². The second-order valence-corrected chi connectivity index (χ2v) is 5.93. The van der Waals surface area contributed by atoms with E-state index in [0.717, 1.165) is 28.7 Å². The second kappa shape index (κ2) is 6.20. The number of benzene rings is 2. The van der Waals surface area contributed by atoms with Gasteiger partial charge in [-0.1, -0.05) is 54.1 Å². The number of nitrogens with zero attached hydrogens (tertiary/aromatic N) is 3. The summed E-state index contributed by atoms with van der Waals surface area (Å²) in [4.78, 5) is 13.8. The Balaban J connectivity index is 1.68. The summed E-state index contributed by atoms with van der Waals surface area (Å²) in [5.41, 5.74) is 5.30. The van der Waals surface area contributed by atoms with Gasteiger partial charge in [0.1, 0.15) is 5.69 Å². The minimum atomic E-state index is 0.666. The van der Waals surface area contributed by atoms with E-state index in [4.69, 9.17) is 4.98 Å². The summed E-state index contributed by atoms with van der Waals surface area (Å²) in [5, 5.41) is 1.04. The molecule has 0 radical (unpaired) electrons. The molecule has 0 amide bonds. The van der Waals surface area contributed by atoms with Crippen LogP contribution in [0, 0.1) is 6.92 Å². The predicted molar refractivity (Wildman–Crippen MR) is 96.8 cm³/mol. The number of rotatable bonds is 3. The lowest BCUT2D eigenvalue weighted by molar-refractivity contribution is 1.06. The molecule has 0 aliphatic rings. The van der Waals surface area contributed by atoms with Crippen LogP contribution < -0.4 is 0 Å². The van der Waals surface area contributed by atoms with Crippen LogP contribution in [0.3, 0.4) is 0 Å². The van der Waals surface area contributed by atoms with Gasteiger partial charge in [0.2, 0.25) is 0 Å². The molecule has 4 aromatic rings. The fraction of sp³-hybridized carbons (Fsp3) is 0.0952. The highest BCUT2D eigenvalue weighted by molar-refractivity contribution is 5.79. The normalized spacial score (nSPS) is 10.9. The first-order valence-electron chi connectivity index (χ1n) is 8.01. The van der Waals surface area contributed by atoms with Gasteiger partial charge in [-0.2, -0.15) is 0 Å². The second-order valence-electron chi connectivity index (χ2n) is 5.93. The Bertz CT molecular complexity index is 1010. The average Bonchev–Trinajstić information content (AvgIpc) is 2.61. The van der Waals surface area contributed by atoms with Crippen LogP contribution in [0.1, 0.15) is 16.8 Å². The number of fused-ring (bicyclic) bond motifs is 1. The van der Waals surface area contributed by atoms with E-state index in [1.165, 1.54) is 11.1 Å². The molecular weight excluding hydrogens is 294 g/mol. The largest absolute Gasteiger partial charge is 0.249 e. The Kier molecular flexibility index (Phi) is 3.75. The summed E-state index contributed by atoms with van der Waals surface area (Å²) in [6.07, 6.45) is 2.66. The Morgan fingerprint density at radius 2 is 1.71 bits per heavy atom. The van der Waals surface area contributed by atoms with E-state index in [9.17, 15) is 0 Å². The fourth-order valence-corrected chi connectivity index (χ4v) is 2.83. The monoisotopic (exact) mass is 311 g/mol. The van der Waals surface area contributed by atoms with Crippen LogP contribution in [0.2, 0.25) is 0 Å². The van der Waals surface area contributed by atoms with E-state index in [0.29, 0.717) is 5.82 Å². The summed E-state index contributed by atoms with van der Waals surface area (Å²) in [5.74, 6) is 0.666. The van der Waals surface area contributed by atoms with E-state index in [1.807, 2.05) is 48.7 Å². The summed E-state index contributed by atoms with van der Waals surface area (Å²) in [7, 11) is 0. The fourth-order valence-electron chi connectivity index (χ4n) is 2.83. The van der Waals surface area contributed by atoms with E-state index >= 15 is 0 Å². The third-order valence-electron chi connectivity index (χ3n) is 3.99. The first-order chi connectivity index (χ1) is 11.8. The van der Waals surface area contributed by atoms with Crippen molar-refractivity contribution in [1.82, 2.24) is 15.0 Å². The Morgan fingerprint density at radius 3 is 2.62 bits per heavy atom. The first kappa shape index (κ1) is 14.5. The molecule has 116 valence electrons. The van der Waals surface area contributed by atoms with Gasteiger partial charge in [-0.15, -0.1) is 0 Å². The Morgan fingerprint density at radius 1 is 0.833 bits per heavy atom. The highest BCUT2D eigenvalue weighted by atomic mass is 14.9. The van der Waals surface area contributed by atoms with Gasteiger partial charge in [0.15, 0.2) is 5.82 Å². The summed E-state index contributed by atoms with van der Waals surface area (Å²) >= 11 is 0. The van der Waals surface area contributed by atoms with Crippen molar-refractivity contribution >= 4 is 10.9 Å². The van der Waals surface area contributed by atoms with Gasteiger partial charge < -0.3 is 0 Å². The van der Waals surface area contributed by atoms with E-state index < -0.39 is 0 Å². The van der Waals surface area contributed by atoms with E-state index in [2.05, 4.69) is 41.2 Å². The van der Waals surface area contributed by atoms with Crippen molar-refractivity contribution in [2.75, 3.05) is 0 Å². The van der Waals surface area contributed by atoms with Crippen LogP contribution in [-0.4, -0.2) is 15.0 Å². The van der Waals surface area contributed by atoms with Crippen molar-refractivity contribution in [3.05, 3.63) is 89.7 Å². The maximum atomic E-state index is 4.75. The van der Waals surface area contributed by atoms with Gasteiger partial charge >= 0.3 is 0 Å². The smallest absolute Gasteiger partial charge is 0.178 e. The molecule has 0 N–H and O–H groups in total. The average molecular weight is 311 g/mol. The van der Waals surface area contributed by atoms with Crippen molar-refractivity contribution < 1.29 is 0 Å². The van der Waals surface area contributed by atoms with Gasteiger partial charge in [-0.05, 0) is 30.7 Å². The minimum Gasteiger partial charge on any atom is -0.249 e. The SMILES string of the molecule is Cc1cccc(Cc2cccc(-c3ncc4ccccc4n3)n2)c1. The summed E-state index contributed by atoms with van der Waals surface area (Å²) < 4.78 is 0. The third-order valence-corrected chi connectivity index (χ3v) is 3.99. The highest BCUT2D eigenvalue weighted by Gasteiger charge is 2.06. The number of aryl methyl sites for hydroxylation is 1. The van der Waals surface area contributed by atoms with Crippen LogP contribution in [0.15, 0.2) is 72.9 Å².